The number of hydrogen-bond acceptors (Lipinski definition) is 5. The highest BCUT2D eigenvalue weighted by atomic mass is 32.1. The van der Waals surface area contributed by atoms with Crippen LogP contribution in [-0.4, -0.2) is 21.5 Å². The van der Waals surface area contributed by atoms with Gasteiger partial charge in [-0.05, 0) is 35.7 Å². The van der Waals surface area contributed by atoms with Crippen molar-refractivity contribution in [1.82, 2.24) is 15.0 Å². The summed E-state index contributed by atoms with van der Waals surface area (Å²) in [4.78, 5) is 14.4. The lowest BCUT2D eigenvalue weighted by Gasteiger charge is -2.05. The van der Waals surface area contributed by atoms with Crippen LogP contribution in [0.3, 0.4) is 0 Å². The molecule has 0 unspecified atom stereocenters. The molecule has 0 atom stereocenters. The summed E-state index contributed by atoms with van der Waals surface area (Å²) in [5.41, 5.74) is 2.01. The maximum Gasteiger partial charge on any atom is 0.223 e. The van der Waals surface area contributed by atoms with E-state index in [1.54, 1.807) is 17.5 Å². The molecule has 3 aromatic heterocycles. The SMILES string of the molecule is c1ccc(CCNc2nccc(-c3cc4ccccc4s3)n2)nc1. The number of anilines is 1. The Bertz CT molecular complexity index is 917. The van der Waals surface area contributed by atoms with Gasteiger partial charge in [-0.15, -0.1) is 11.3 Å². The van der Waals surface area contributed by atoms with Gasteiger partial charge in [-0.2, -0.15) is 0 Å². The highest BCUT2D eigenvalue weighted by molar-refractivity contribution is 7.22. The van der Waals surface area contributed by atoms with Gasteiger partial charge >= 0.3 is 0 Å². The molecular weight excluding hydrogens is 316 g/mol. The summed E-state index contributed by atoms with van der Waals surface area (Å²) in [6, 6.07) is 18.5. The maximum atomic E-state index is 4.64. The Morgan fingerprint density at radius 1 is 0.917 bits per heavy atom. The molecule has 118 valence electrons. The number of hydrogen-bond donors (Lipinski definition) is 1. The number of aromatic nitrogens is 3. The Morgan fingerprint density at radius 3 is 2.71 bits per heavy atom. The van der Waals surface area contributed by atoms with Gasteiger partial charge in [-0.3, -0.25) is 4.98 Å². The molecule has 3 heterocycles. The van der Waals surface area contributed by atoms with Crippen LogP contribution in [0.4, 0.5) is 5.95 Å². The minimum Gasteiger partial charge on any atom is -0.354 e. The molecule has 1 N–H and O–H groups in total. The predicted molar refractivity (Wildman–Crippen MR) is 99.3 cm³/mol. The Hall–Kier alpha value is -2.79. The largest absolute Gasteiger partial charge is 0.354 e. The zero-order chi connectivity index (χ0) is 16.2. The third-order valence-corrected chi connectivity index (χ3v) is 4.86. The van der Waals surface area contributed by atoms with Crippen LogP contribution in [-0.2, 0) is 6.42 Å². The van der Waals surface area contributed by atoms with Crippen LogP contribution < -0.4 is 5.32 Å². The minimum absolute atomic E-state index is 0.654. The molecule has 4 nitrogen and oxygen atoms in total. The molecule has 4 rings (SSSR count). The van der Waals surface area contributed by atoms with Gasteiger partial charge in [-0.1, -0.05) is 24.3 Å². The third-order valence-electron chi connectivity index (χ3n) is 3.72. The lowest BCUT2D eigenvalue weighted by Crippen LogP contribution is -2.08. The molecule has 0 aliphatic carbocycles. The van der Waals surface area contributed by atoms with E-state index >= 15 is 0 Å². The first-order valence-electron chi connectivity index (χ1n) is 7.84. The van der Waals surface area contributed by atoms with Gasteiger partial charge < -0.3 is 5.32 Å². The molecule has 0 saturated carbocycles. The highest BCUT2D eigenvalue weighted by Crippen LogP contribution is 2.32. The van der Waals surface area contributed by atoms with Crippen molar-refractivity contribution >= 4 is 27.4 Å². The second-order valence-corrected chi connectivity index (χ2v) is 6.50. The zero-order valence-corrected chi connectivity index (χ0v) is 13.8. The van der Waals surface area contributed by atoms with Crippen molar-refractivity contribution in [3.63, 3.8) is 0 Å². The first-order chi connectivity index (χ1) is 11.9. The Kier molecular flexibility index (Phi) is 4.16. The standard InChI is InChI=1S/C19H16N4S/c1-2-7-17-14(5-1)13-18(24-17)16-9-12-22-19(23-16)21-11-8-15-6-3-4-10-20-15/h1-7,9-10,12-13H,8,11H2,(H,21,22,23). The number of fused-ring (bicyclic) bond motifs is 1. The van der Waals surface area contributed by atoms with E-state index in [9.17, 15) is 0 Å². The first kappa shape index (κ1) is 14.8. The van der Waals surface area contributed by atoms with Crippen LogP contribution in [0.25, 0.3) is 20.7 Å². The van der Waals surface area contributed by atoms with E-state index in [4.69, 9.17) is 0 Å². The minimum atomic E-state index is 0.654. The number of thiophene rings is 1. The fourth-order valence-corrected chi connectivity index (χ4v) is 3.57. The van der Waals surface area contributed by atoms with Crippen LogP contribution in [0.2, 0.25) is 0 Å². The lowest BCUT2D eigenvalue weighted by atomic mass is 10.2. The number of nitrogens with zero attached hydrogens (tertiary/aromatic N) is 3. The van der Waals surface area contributed by atoms with Crippen molar-refractivity contribution in [2.24, 2.45) is 0 Å². The van der Waals surface area contributed by atoms with Crippen LogP contribution in [0.5, 0.6) is 0 Å². The van der Waals surface area contributed by atoms with Crippen molar-refractivity contribution in [2.45, 2.75) is 6.42 Å². The Balaban J connectivity index is 1.49. The number of rotatable bonds is 5. The summed E-state index contributed by atoms with van der Waals surface area (Å²) < 4.78 is 1.27. The summed E-state index contributed by atoms with van der Waals surface area (Å²) in [6.07, 6.45) is 4.46. The normalized spacial score (nSPS) is 10.8. The van der Waals surface area contributed by atoms with Crippen molar-refractivity contribution in [3.05, 3.63) is 72.7 Å². The average Bonchev–Trinajstić information content (AvgIpc) is 3.07. The van der Waals surface area contributed by atoms with Gasteiger partial charge in [0, 0.05) is 35.8 Å². The monoisotopic (exact) mass is 332 g/mol. The van der Waals surface area contributed by atoms with E-state index < -0.39 is 0 Å². The molecule has 0 spiro atoms. The molecule has 24 heavy (non-hydrogen) atoms. The number of nitrogens with one attached hydrogen (secondary N) is 1. The van der Waals surface area contributed by atoms with Gasteiger partial charge in [-0.25, -0.2) is 9.97 Å². The van der Waals surface area contributed by atoms with Crippen LogP contribution >= 0.6 is 11.3 Å². The molecule has 5 heteroatoms. The van der Waals surface area contributed by atoms with Crippen LogP contribution in [0, 0.1) is 0 Å². The third kappa shape index (κ3) is 3.26. The smallest absolute Gasteiger partial charge is 0.223 e. The van der Waals surface area contributed by atoms with Crippen molar-refractivity contribution in [1.29, 1.82) is 0 Å². The zero-order valence-electron chi connectivity index (χ0n) is 13.0. The van der Waals surface area contributed by atoms with Crippen LogP contribution in [0.15, 0.2) is 67.0 Å². The van der Waals surface area contributed by atoms with Gasteiger partial charge in [0.15, 0.2) is 0 Å². The van der Waals surface area contributed by atoms with Gasteiger partial charge in [0.25, 0.3) is 0 Å². The molecule has 0 amide bonds. The van der Waals surface area contributed by atoms with Crippen LogP contribution in [0.1, 0.15) is 5.69 Å². The Labute approximate surface area is 144 Å². The lowest BCUT2D eigenvalue weighted by molar-refractivity contribution is 0.942. The molecule has 0 aliphatic heterocycles. The Morgan fingerprint density at radius 2 is 1.83 bits per heavy atom. The fraction of sp³-hybridized carbons (Fsp3) is 0.105. The van der Waals surface area contributed by atoms with Gasteiger partial charge in [0.05, 0.1) is 10.6 Å². The van der Waals surface area contributed by atoms with E-state index in [0.717, 1.165) is 29.2 Å². The molecular formula is C19H16N4S. The molecule has 0 aliphatic rings. The van der Waals surface area contributed by atoms with E-state index in [-0.39, 0.29) is 0 Å². The van der Waals surface area contributed by atoms with E-state index in [0.29, 0.717) is 5.95 Å². The molecule has 0 bridgehead atoms. The molecule has 0 saturated heterocycles. The first-order valence-corrected chi connectivity index (χ1v) is 8.66. The number of benzene rings is 1. The van der Waals surface area contributed by atoms with Crippen molar-refractivity contribution in [3.8, 4) is 10.6 Å². The molecule has 0 radical (unpaired) electrons. The number of pyridine rings is 1. The quantitative estimate of drug-likeness (QED) is 0.588. The second kappa shape index (κ2) is 6.76. The van der Waals surface area contributed by atoms with Gasteiger partial charge in [0.2, 0.25) is 5.95 Å². The summed E-state index contributed by atoms with van der Waals surface area (Å²) in [7, 11) is 0. The molecule has 4 aromatic rings. The predicted octanol–water partition coefficient (Wildman–Crippen LogP) is 4.41. The average molecular weight is 332 g/mol. The second-order valence-electron chi connectivity index (χ2n) is 5.41. The van der Waals surface area contributed by atoms with E-state index in [1.165, 1.54) is 10.1 Å². The summed E-state index contributed by atoms with van der Waals surface area (Å²) >= 11 is 1.75. The van der Waals surface area contributed by atoms with Crippen molar-refractivity contribution in [2.75, 3.05) is 11.9 Å². The summed E-state index contributed by atoms with van der Waals surface area (Å²) in [5, 5.41) is 4.53. The van der Waals surface area contributed by atoms with Crippen molar-refractivity contribution < 1.29 is 0 Å². The maximum absolute atomic E-state index is 4.64. The molecule has 1 aromatic carbocycles. The summed E-state index contributed by atoms with van der Waals surface area (Å²) in [6.45, 7) is 0.757. The molecule has 0 fully saturated rings. The summed E-state index contributed by atoms with van der Waals surface area (Å²) in [5.74, 6) is 0.654. The van der Waals surface area contributed by atoms with E-state index in [1.807, 2.05) is 30.5 Å². The van der Waals surface area contributed by atoms with E-state index in [2.05, 4.69) is 50.6 Å². The van der Waals surface area contributed by atoms with Gasteiger partial charge in [0.1, 0.15) is 0 Å². The topological polar surface area (TPSA) is 50.7 Å². The highest BCUT2D eigenvalue weighted by Gasteiger charge is 2.06. The fourth-order valence-electron chi connectivity index (χ4n) is 2.54.